The van der Waals surface area contributed by atoms with E-state index in [1.54, 1.807) is 18.0 Å². The number of hydrogen-bond acceptors (Lipinski definition) is 4. The van der Waals surface area contributed by atoms with Crippen LogP contribution in [0, 0.1) is 5.92 Å². The molecule has 0 aliphatic carbocycles. The summed E-state index contributed by atoms with van der Waals surface area (Å²) < 4.78 is 5.15. The predicted octanol–water partition coefficient (Wildman–Crippen LogP) is 0.0529. The second-order valence-corrected chi connectivity index (χ2v) is 3.68. The first-order valence-electron chi connectivity index (χ1n) is 3.31. The van der Waals surface area contributed by atoms with Gasteiger partial charge in [-0.2, -0.15) is 0 Å². The minimum absolute atomic E-state index is 0.0594. The molecule has 0 bridgehead atoms. The van der Waals surface area contributed by atoms with Gasteiger partial charge in [-0.1, -0.05) is 0 Å². The molecule has 1 saturated heterocycles. The van der Waals surface area contributed by atoms with Crippen LogP contribution in [0.3, 0.4) is 0 Å². The van der Waals surface area contributed by atoms with Crippen LogP contribution in [0.1, 0.15) is 0 Å². The third kappa shape index (κ3) is 0.973. The molecule has 2 unspecified atom stereocenters. The van der Waals surface area contributed by atoms with Crippen LogP contribution < -0.4 is 11.1 Å². The fourth-order valence-electron chi connectivity index (χ4n) is 1.16. The SMILES string of the molecule is NC1NC2=COCC2CS1. The van der Waals surface area contributed by atoms with Gasteiger partial charge in [0.1, 0.15) is 11.8 Å². The van der Waals surface area contributed by atoms with Gasteiger partial charge in [0, 0.05) is 11.7 Å². The Labute approximate surface area is 64.0 Å². The molecule has 10 heavy (non-hydrogen) atoms. The molecule has 56 valence electrons. The Morgan fingerprint density at radius 1 is 1.80 bits per heavy atom. The summed E-state index contributed by atoms with van der Waals surface area (Å²) in [5, 5.41) is 3.16. The van der Waals surface area contributed by atoms with Crippen molar-refractivity contribution in [2.24, 2.45) is 11.7 Å². The summed E-state index contributed by atoms with van der Waals surface area (Å²) in [5.41, 5.74) is 6.88. The lowest BCUT2D eigenvalue weighted by molar-refractivity contribution is 0.255. The molecule has 0 aromatic rings. The van der Waals surface area contributed by atoms with E-state index in [1.165, 1.54) is 5.70 Å². The first-order valence-corrected chi connectivity index (χ1v) is 4.36. The van der Waals surface area contributed by atoms with Crippen LogP contribution in [0.4, 0.5) is 0 Å². The van der Waals surface area contributed by atoms with Gasteiger partial charge in [0.2, 0.25) is 0 Å². The van der Waals surface area contributed by atoms with Gasteiger partial charge in [0.05, 0.1) is 12.3 Å². The van der Waals surface area contributed by atoms with Crippen molar-refractivity contribution >= 4 is 11.8 Å². The van der Waals surface area contributed by atoms with Crippen molar-refractivity contribution in [3.05, 3.63) is 12.0 Å². The zero-order chi connectivity index (χ0) is 6.97. The zero-order valence-corrected chi connectivity index (χ0v) is 6.36. The van der Waals surface area contributed by atoms with E-state index < -0.39 is 0 Å². The van der Waals surface area contributed by atoms with Crippen molar-refractivity contribution in [2.45, 2.75) is 5.50 Å². The lowest BCUT2D eigenvalue weighted by Crippen LogP contribution is -2.40. The molecule has 0 saturated carbocycles. The monoisotopic (exact) mass is 158 g/mol. The Balaban J connectivity index is 2.07. The summed E-state index contributed by atoms with van der Waals surface area (Å²) in [6, 6.07) is 0. The van der Waals surface area contributed by atoms with Gasteiger partial charge in [0.15, 0.2) is 0 Å². The Hall–Kier alpha value is -0.350. The molecule has 0 aromatic carbocycles. The number of fused-ring (bicyclic) bond motifs is 1. The molecule has 3 nitrogen and oxygen atoms in total. The number of nitrogens with one attached hydrogen (secondary N) is 1. The maximum atomic E-state index is 5.65. The van der Waals surface area contributed by atoms with E-state index in [9.17, 15) is 0 Å². The second kappa shape index (κ2) is 2.36. The molecule has 0 aromatic heterocycles. The lowest BCUT2D eigenvalue weighted by atomic mass is 10.1. The van der Waals surface area contributed by atoms with Crippen molar-refractivity contribution < 1.29 is 4.74 Å². The third-order valence-electron chi connectivity index (χ3n) is 1.73. The van der Waals surface area contributed by atoms with Gasteiger partial charge in [-0.25, -0.2) is 0 Å². The zero-order valence-electron chi connectivity index (χ0n) is 5.54. The summed E-state index contributed by atoms with van der Waals surface area (Å²) in [6.07, 6.45) is 1.78. The molecule has 2 heterocycles. The van der Waals surface area contributed by atoms with Crippen LogP contribution in [-0.2, 0) is 4.74 Å². The largest absolute Gasteiger partial charge is 0.499 e. The molecule has 2 atom stereocenters. The summed E-state index contributed by atoms with van der Waals surface area (Å²) >= 11 is 1.74. The first kappa shape index (κ1) is 6.37. The molecule has 1 fully saturated rings. The third-order valence-corrected chi connectivity index (χ3v) is 2.81. The summed E-state index contributed by atoms with van der Waals surface area (Å²) in [4.78, 5) is 0. The fourth-order valence-corrected chi connectivity index (χ4v) is 2.09. The molecular formula is C6H10N2OS. The Kier molecular flexibility index (Phi) is 1.50. The predicted molar refractivity (Wildman–Crippen MR) is 41.1 cm³/mol. The fraction of sp³-hybridized carbons (Fsp3) is 0.667. The van der Waals surface area contributed by atoms with Crippen LogP contribution in [0.2, 0.25) is 0 Å². The lowest BCUT2D eigenvalue weighted by Gasteiger charge is -2.25. The van der Waals surface area contributed by atoms with E-state index in [4.69, 9.17) is 10.5 Å². The summed E-state index contributed by atoms with van der Waals surface area (Å²) in [6.45, 7) is 0.821. The second-order valence-electron chi connectivity index (χ2n) is 2.50. The molecule has 0 radical (unpaired) electrons. The van der Waals surface area contributed by atoms with Gasteiger partial charge in [-0.3, -0.25) is 0 Å². The van der Waals surface area contributed by atoms with Crippen LogP contribution in [0.15, 0.2) is 12.0 Å². The van der Waals surface area contributed by atoms with Crippen LogP contribution in [-0.4, -0.2) is 17.9 Å². The molecule has 0 amide bonds. The molecule has 0 spiro atoms. The van der Waals surface area contributed by atoms with E-state index in [0.29, 0.717) is 5.92 Å². The minimum atomic E-state index is 0.0594. The summed E-state index contributed by atoms with van der Waals surface area (Å²) in [5.74, 6) is 1.64. The molecule has 2 aliphatic heterocycles. The van der Waals surface area contributed by atoms with Crippen LogP contribution >= 0.6 is 11.8 Å². The van der Waals surface area contributed by atoms with E-state index in [-0.39, 0.29) is 5.50 Å². The highest BCUT2D eigenvalue weighted by atomic mass is 32.2. The van der Waals surface area contributed by atoms with E-state index in [0.717, 1.165) is 12.4 Å². The van der Waals surface area contributed by atoms with Crippen molar-refractivity contribution in [2.75, 3.05) is 12.4 Å². The molecule has 2 aliphatic rings. The highest BCUT2D eigenvalue weighted by Gasteiger charge is 2.27. The van der Waals surface area contributed by atoms with Gasteiger partial charge in [-0.15, -0.1) is 11.8 Å². The topological polar surface area (TPSA) is 47.3 Å². The maximum absolute atomic E-state index is 5.65. The number of thioether (sulfide) groups is 1. The Bertz CT molecular complexity index is 171. The van der Waals surface area contributed by atoms with E-state index in [2.05, 4.69) is 5.32 Å². The van der Waals surface area contributed by atoms with Gasteiger partial charge in [-0.05, 0) is 0 Å². The van der Waals surface area contributed by atoms with Crippen molar-refractivity contribution in [1.29, 1.82) is 0 Å². The standard InChI is InChI=1S/C6H10N2OS/c7-6-8-5-2-9-1-4(5)3-10-6/h2,4,6,8H,1,3,7H2. The molecule has 3 N–H and O–H groups in total. The first-order chi connectivity index (χ1) is 4.86. The number of rotatable bonds is 0. The van der Waals surface area contributed by atoms with Gasteiger partial charge < -0.3 is 15.8 Å². The number of hydrogen-bond donors (Lipinski definition) is 2. The molecule has 2 rings (SSSR count). The number of ether oxygens (including phenoxy) is 1. The van der Waals surface area contributed by atoms with Crippen LogP contribution in [0.25, 0.3) is 0 Å². The van der Waals surface area contributed by atoms with E-state index in [1.807, 2.05) is 0 Å². The van der Waals surface area contributed by atoms with E-state index >= 15 is 0 Å². The van der Waals surface area contributed by atoms with Gasteiger partial charge >= 0.3 is 0 Å². The quantitative estimate of drug-likeness (QED) is 0.523. The molecule has 4 heteroatoms. The number of nitrogens with two attached hydrogens (primary N) is 1. The maximum Gasteiger partial charge on any atom is 0.123 e. The van der Waals surface area contributed by atoms with Crippen LogP contribution in [0.5, 0.6) is 0 Å². The van der Waals surface area contributed by atoms with Crippen molar-refractivity contribution in [1.82, 2.24) is 5.32 Å². The highest BCUT2D eigenvalue weighted by Crippen LogP contribution is 2.27. The van der Waals surface area contributed by atoms with Gasteiger partial charge in [0.25, 0.3) is 0 Å². The van der Waals surface area contributed by atoms with Crippen molar-refractivity contribution in [3.63, 3.8) is 0 Å². The highest BCUT2D eigenvalue weighted by molar-refractivity contribution is 7.99. The average Bonchev–Trinajstić information content (AvgIpc) is 2.33. The average molecular weight is 158 g/mol. The summed E-state index contributed by atoms with van der Waals surface area (Å²) in [7, 11) is 0. The normalized spacial score (nSPS) is 37.5. The smallest absolute Gasteiger partial charge is 0.123 e. The minimum Gasteiger partial charge on any atom is -0.499 e. The van der Waals surface area contributed by atoms with Crippen molar-refractivity contribution in [3.8, 4) is 0 Å². The Morgan fingerprint density at radius 2 is 2.70 bits per heavy atom. The Morgan fingerprint density at radius 3 is 3.60 bits per heavy atom. The molecular weight excluding hydrogens is 148 g/mol.